The van der Waals surface area contributed by atoms with E-state index in [1.54, 1.807) is 0 Å². The van der Waals surface area contributed by atoms with E-state index < -0.39 is 0 Å². The Morgan fingerprint density at radius 3 is 2.11 bits per heavy atom. The first-order valence-electron chi connectivity index (χ1n) is 3.11. The molecule has 46 valence electrons. The third kappa shape index (κ3) is 2.01. The van der Waals surface area contributed by atoms with Gasteiger partial charge in [-0.25, -0.2) is 0 Å². The van der Waals surface area contributed by atoms with Gasteiger partial charge in [-0.05, 0) is 0 Å². The SMILES string of the molecule is C[CH]([SnH])c1ccccc1. The van der Waals surface area contributed by atoms with E-state index in [0.29, 0.717) is 0 Å². The van der Waals surface area contributed by atoms with Crippen LogP contribution < -0.4 is 0 Å². The van der Waals surface area contributed by atoms with Crippen LogP contribution in [0, 0.1) is 0 Å². The Labute approximate surface area is 69.4 Å². The number of hydrogen-bond acceptors (Lipinski definition) is 0. The van der Waals surface area contributed by atoms with Crippen LogP contribution >= 0.6 is 0 Å². The first-order valence-corrected chi connectivity index (χ1v) is 5.01. The topological polar surface area (TPSA) is 0 Å². The first kappa shape index (κ1) is 7.13. The van der Waals surface area contributed by atoms with E-state index in [-0.39, 0.29) is 0 Å². The summed E-state index contributed by atoms with van der Waals surface area (Å²) in [6, 6.07) is 10.6. The van der Waals surface area contributed by atoms with Crippen molar-refractivity contribution >= 4 is 22.5 Å². The van der Waals surface area contributed by atoms with Crippen LogP contribution in [-0.2, 0) is 0 Å². The molecular formula is C8H10Sn. The fourth-order valence-electron chi connectivity index (χ4n) is 0.757. The predicted molar refractivity (Wildman–Crippen MR) is 42.0 cm³/mol. The van der Waals surface area contributed by atoms with Gasteiger partial charge in [0.25, 0.3) is 0 Å². The van der Waals surface area contributed by atoms with Crippen LogP contribution in [0.5, 0.6) is 0 Å². The van der Waals surface area contributed by atoms with E-state index in [2.05, 4.69) is 37.3 Å². The third-order valence-corrected chi connectivity index (χ3v) is 2.42. The van der Waals surface area contributed by atoms with Crippen LogP contribution in [0.25, 0.3) is 0 Å². The van der Waals surface area contributed by atoms with Crippen molar-refractivity contribution in [2.24, 2.45) is 0 Å². The van der Waals surface area contributed by atoms with Crippen LogP contribution in [-0.4, -0.2) is 22.5 Å². The summed E-state index contributed by atoms with van der Waals surface area (Å²) in [6.45, 7) is 2.26. The minimum absolute atomic E-state index is 0.789. The molecule has 0 heterocycles. The Bertz CT molecular complexity index is 167. The summed E-state index contributed by atoms with van der Waals surface area (Å²) in [4.78, 5) is 0. The molecule has 1 aromatic carbocycles. The van der Waals surface area contributed by atoms with Crippen molar-refractivity contribution in [2.75, 3.05) is 0 Å². The molecule has 1 unspecified atom stereocenters. The molecule has 0 saturated heterocycles. The Hall–Kier alpha value is 0.0187. The fraction of sp³-hybridized carbons (Fsp3) is 0.250. The van der Waals surface area contributed by atoms with Crippen molar-refractivity contribution < 1.29 is 0 Å². The molecule has 1 rings (SSSR count). The van der Waals surface area contributed by atoms with Crippen LogP contribution in [0.4, 0.5) is 0 Å². The van der Waals surface area contributed by atoms with Gasteiger partial charge in [-0.15, -0.1) is 0 Å². The van der Waals surface area contributed by atoms with E-state index in [1.807, 2.05) is 0 Å². The molecule has 0 nitrogen and oxygen atoms in total. The van der Waals surface area contributed by atoms with Crippen molar-refractivity contribution in [3.05, 3.63) is 35.9 Å². The van der Waals surface area contributed by atoms with Crippen LogP contribution in [0.15, 0.2) is 30.3 Å². The molecule has 0 aliphatic heterocycles. The summed E-state index contributed by atoms with van der Waals surface area (Å²) in [5, 5.41) is 0. The zero-order valence-corrected chi connectivity index (χ0v) is 8.84. The summed E-state index contributed by atoms with van der Waals surface area (Å²) in [6.07, 6.45) is 0. The van der Waals surface area contributed by atoms with Gasteiger partial charge in [0.1, 0.15) is 0 Å². The van der Waals surface area contributed by atoms with Gasteiger partial charge in [0.15, 0.2) is 0 Å². The summed E-state index contributed by atoms with van der Waals surface area (Å²) >= 11 is 1.32. The second-order valence-corrected chi connectivity index (χ2v) is 5.05. The van der Waals surface area contributed by atoms with Crippen molar-refractivity contribution in [1.82, 2.24) is 0 Å². The Kier molecular flexibility index (Phi) is 2.58. The molecule has 9 heavy (non-hydrogen) atoms. The summed E-state index contributed by atoms with van der Waals surface area (Å²) in [5.74, 6) is 0. The quantitative estimate of drug-likeness (QED) is 0.637. The first-order chi connectivity index (χ1) is 4.30. The van der Waals surface area contributed by atoms with Crippen molar-refractivity contribution in [1.29, 1.82) is 0 Å². The Balaban J connectivity index is 2.85. The van der Waals surface area contributed by atoms with E-state index in [9.17, 15) is 0 Å². The number of hydrogen-bond donors (Lipinski definition) is 0. The minimum atomic E-state index is 0.789. The monoisotopic (exact) mass is 226 g/mol. The average molecular weight is 225 g/mol. The zero-order valence-electron chi connectivity index (χ0n) is 5.54. The molecule has 2 radical (unpaired) electrons. The van der Waals surface area contributed by atoms with Gasteiger partial charge >= 0.3 is 69.3 Å². The summed E-state index contributed by atoms with van der Waals surface area (Å²) in [5.41, 5.74) is 1.47. The van der Waals surface area contributed by atoms with Crippen molar-refractivity contribution in [2.45, 2.75) is 10.9 Å². The van der Waals surface area contributed by atoms with Crippen LogP contribution in [0.3, 0.4) is 0 Å². The molecule has 1 atom stereocenters. The van der Waals surface area contributed by atoms with Gasteiger partial charge in [0, 0.05) is 0 Å². The molecule has 0 aromatic heterocycles. The maximum absolute atomic E-state index is 2.26. The summed E-state index contributed by atoms with van der Waals surface area (Å²) < 4.78 is 0.789. The molecular weight excluding hydrogens is 215 g/mol. The molecule has 0 amide bonds. The molecule has 1 heteroatoms. The van der Waals surface area contributed by atoms with Gasteiger partial charge in [-0.3, -0.25) is 0 Å². The van der Waals surface area contributed by atoms with Crippen molar-refractivity contribution in [3.8, 4) is 0 Å². The second kappa shape index (κ2) is 3.25. The molecule has 0 bridgehead atoms. The van der Waals surface area contributed by atoms with Crippen molar-refractivity contribution in [3.63, 3.8) is 0 Å². The van der Waals surface area contributed by atoms with E-state index in [0.717, 1.165) is 3.93 Å². The summed E-state index contributed by atoms with van der Waals surface area (Å²) in [7, 11) is 0. The molecule has 1 aromatic rings. The van der Waals surface area contributed by atoms with Gasteiger partial charge in [0.05, 0.1) is 0 Å². The Morgan fingerprint density at radius 1 is 1.22 bits per heavy atom. The Morgan fingerprint density at radius 2 is 1.78 bits per heavy atom. The molecule has 0 N–H and O–H groups in total. The predicted octanol–water partition coefficient (Wildman–Crippen LogP) is 1.65. The van der Waals surface area contributed by atoms with Gasteiger partial charge < -0.3 is 0 Å². The third-order valence-electron chi connectivity index (χ3n) is 1.33. The molecule has 0 aliphatic rings. The van der Waals surface area contributed by atoms with E-state index in [4.69, 9.17) is 0 Å². The standard InChI is InChI=1S/C8H9.Sn.H/c1-2-8-6-4-3-5-7-8;;/h2-7H,1H3;;. The normalized spacial score (nSPS) is 13.1. The molecule has 0 fully saturated rings. The molecule has 0 aliphatic carbocycles. The fourth-order valence-corrected chi connectivity index (χ4v) is 1.39. The van der Waals surface area contributed by atoms with E-state index in [1.165, 1.54) is 28.1 Å². The second-order valence-electron chi connectivity index (χ2n) is 2.20. The zero-order chi connectivity index (χ0) is 6.69. The van der Waals surface area contributed by atoms with Gasteiger partial charge in [0.2, 0.25) is 0 Å². The number of benzene rings is 1. The molecule has 0 spiro atoms. The van der Waals surface area contributed by atoms with Gasteiger partial charge in [-0.2, -0.15) is 0 Å². The van der Waals surface area contributed by atoms with E-state index >= 15 is 0 Å². The van der Waals surface area contributed by atoms with Crippen LogP contribution in [0.1, 0.15) is 16.4 Å². The molecule has 0 saturated carbocycles. The van der Waals surface area contributed by atoms with Gasteiger partial charge in [-0.1, -0.05) is 0 Å². The van der Waals surface area contributed by atoms with Crippen LogP contribution in [0.2, 0.25) is 0 Å². The number of rotatable bonds is 1. The maximum atomic E-state index is 2.26. The average Bonchev–Trinajstić information content (AvgIpc) is 1.90.